The summed E-state index contributed by atoms with van der Waals surface area (Å²) in [7, 11) is 2.53. The molecule has 0 atom stereocenters. The van der Waals surface area contributed by atoms with E-state index >= 15 is 0 Å². The standard InChI is InChI=1S/C10H12F3NO3/c1-16-8-4-6(5-14-17-2)3-7(9(8)15)10(11,12)13/h3-4,14-15H,5H2,1-2H3. The number of hydrogen-bond donors (Lipinski definition) is 2. The van der Waals surface area contributed by atoms with Crippen LogP contribution < -0.4 is 10.2 Å². The Hall–Kier alpha value is -1.47. The third-order valence-corrected chi connectivity index (χ3v) is 2.08. The van der Waals surface area contributed by atoms with E-state index in [2.05, 4.69) is 15.1 Å². The molecule has 0 radical (unpaired) electrons. The fourth-order valence-electron chi connectivity index (χ4n) is 1.29. The zero-order chi connectivity index (χ0) is 13.1. The van der Waals surface area contributed by atoms with Gasteiger partial charge in [0, 0.05) is 6.54 Å². The Kier molecular flexibility index (Phi) is 4.19. The van der Waals surface area contributed by atoms with Crippen molar-refractivity contribution in [3.63, 3.8) is 0 Å². The van der Waals surface area contributed by atoms with Crippen LogP contribution in [0.4, 0.5) is 13.2 Å². The average molecular weight is 251 g/mol. The van der Waals surface area contributed by atoms with Gasteiger partial charge in [-0.25, -0.2) is 0 Å². The van der Waals surface area contributed by atoms with Crippen molar-refractivity contribution >= 4 is 0 Å². The first-order valence-corrected chi connectivity index (χ1v) is 4.63. The number of hydroxylamine groups is 1. The van der Waals surface area contributed by atoms with E-state index in [9.17, 15) is 18.3 Å². The van der Waals surface area contributed by atoms with Crippen molar-refractivity contribution in [1.29, 1.82) is 0 Å². The normalized spacial score (nSPS) is 11.6. The lowest BCUT2D eigenvalue weighted by atomic mass is 10.1. The van der Waals surface area contributed by atoms with Crippen molar-refractivity contribution in [1.82, 2.24) is 5.48 Å². The van der Waals surface area contributed by atoms with Gasteiger partial charge in [-0.3, -0.25) is 0 Å². The second-order valence-electron chi connectivity index (χ2n) is 3.22. The molecule has 2 N–H and O–H groups in total. The molecule has 0 heterocycles. The van der Waals surface area contributed by atoms with Crippen LogP contribution in [0.15, 0.2) is 12.1 Å². The molecule has 0 aliphatic rings. The summed E-state index contributed by atoms with van der Waals surface area (Å²) in [6, 6.07) is 2.14. The number of phenols is 1. The van der Waals surface area contributed by atoms with Gasteiger partial charge in [-0.15, -0.1) is 0 Å². The molecule has 0 saturated carbocycles. The number of nitrogens with one attached hydrogen (secondary N) is 1. The van der Waals surface area contributed by atoms with E-state index < -0.39 is 17.5 Å². The number of ether oxygens (including phenoxy) is 1. The molecule has 0 aliphatic heterocycles. The number of aromatic hydroxyl groups is 1. The maximum atomic E-state index is 12.6. The van der Waals surface area contributed by atoms with E-state index in [4.69, 9.17) is 0 Å². The highest BCUT2D eigenvalue weighted by Gasteiger charge is 2.35. The fourth-order valence-corrected chi connectivity index (χ4v) is 1.29. The number of halogens is 3. The van der Waals surface area contributed by atoms with Crippen LogP contribution in [0.5, 0.6) is 11.5 Å². The van der Waals surface area contributed by atoms with Crippen LogP contribution in [-0.4, -0.2) is 19.3 Å². The summed E-state index contributed by atoms with van der Waals surface area (Å²) in [5.41, 5.74) is 1.56. The van der Waals surface area contributed by atoms with Crippen molar-refractivity contribution < 1.29 is 27.9 Å². The second kappa shape index (κ2) is 5.24. The van der Waals surface area contributed by atoms with Gasteiger partial charge in [0.2, 0.25) is 0 Å². The first-order valence-electron chi connectivity index (χ1n) is 4.63. The minimum Gasteiger partial charge on any atom is -0.504 e. The van der Waals surface area contributed by atoms with Crippen LogP contribution in [-0.2, 0) is 17.6 Å². The van der Waals surface area contributed by atoms with E-state index in [0.29, 0.717) is 0 Å². The summed E-state index contributed by atoms with van der Waals surface area (Å²) < 4.78 is 42.5. The van der Waals surface area contributed by atoms with Gasteiger partial charge in [-0.1, -0.05) is 0 Å². The Balaban J connectivity index is 3.19. The molecule has 0 spiro atoms. The molecule has 0 unspecified atom stereocenters. The molecule has 0 fully saturated rings. The van der Waals surface area contributed by atoms with E-state index in [0.717, 1.165) is 6.07 Å². The molecule has 1 rings (SSSR count). The van der Waals surface area contributed by atoms with E-state index in [1.165, 1.54) is 20.3 Å². The maximum absolute atomic E-state index is 12.6. The monoisotopic (exact) mass is 251 g/mol. The van der Waals surface area contributed by atoms with Gasteiger partial charge in [0.1, 0.15) is 5.56 Å². The van der Waals surface area contributed by atoms with Gasteiger partial charge in [-0.05, 0) is 17.7 Å². The van der Waals surface area contributed by atoms with Crippen LogP contribution in [0.3, 0.4) is 0 Å². The van der Waals surface area contributed by atoms with Gasteiger partial charge in [0.25, 0.3) is 0 Å². The molecule has 0 aromatic heterocycles. The molecule has 96 valence electrons. The molecular formula is C10H12F3NO3. The zero-order valence-corrected chi connectivity index (χ0v) is 9.26. The third-order valence-electron chi connectivity index (χ3n) is 2.08. The number of hydrogen-bond acceptors (Lipinski definition) is 4. The molecule has 7 heteroatoms. The quantitative estimate of drug-likeness (QED) is 0.804. The molecule has 1 aromatic rings. The fraction of sp³-hybridized carbons (Fsp3) is 0.400. The van der Waals surface area contributed by atoms with Gasteiger partial charge in [-0.2, -0.15) is 18.7 Å². The van der Waals surface area contributed by atoms with Crippen LogP contribution in [0.2, 0.25) is 0 Å². The van der Waals surface area contributed by atoms with Crippen molar-refractivity contribution in [3.05, 3.63) is 23.3 Å². The predicted molar refractivity (Wildman–Crippen MR) is 53.5 cm³/mol. The second-order valence-corrected chi connectivity index (χ2v) is 3.22. The number of methoxy groups -OCH3 is 1. The lowest BCUT2D eigenvalue weighted by molar-refractivity contribution is -0.139. The lowest BCUT2D eigenvalue weighted by Gasteiger charge is -2.14. The van der Waals surface area contributed by atoms with Gasteiger partial charge in [0.05, 0.1) is 14.2 Å². The average Bonchev–Trinajstić information content (AvgIpc) is 2.26. The minimum absolute atomic E-state index is 0.0657. The molecule has 0 bridgehead atoms. The summed E-state index contributed by atoms with van der Waals surface area (Å²) in [5, 5.41) is 9.38. The Morgan fingerprint density at radius 3 is 2.41 bits per heavy atom. The SMILES string of the molecule is CONCc1cc(OC)c(O)c(C(F)(F)F)c1. The van der Waals surface area contributed by atoms with Crippen LogP contribution in [0.25, 0.3) is 0 Å². The maximum Gasteiger partial charge on any atom is 0.420 e. The number of rotatable bonds is 4. The van der Waals surface area contributed by atoms with Gasteiger partial charge < -0.3 is 14.7 Å². The largest absolute Gasteiger partial charge is 0.504 e. The third kappa shape index (κ3) is 3.24. The first-order chi connectivity index (χ1) is 7.90. The number of alkyl halides is 3. The number of benzene rings is 1. The lowest BCUT2D eigenvalue weighted by Crippen LogP contribution is -2.13. The van der Waals surface area contributed by atoms with Crippen molar-refractivity contribution in [2.24, 2.45) is 0 Å². The molecule has 4 nitrogen and oxygen atoms in total. The minimum atomic E-state index is -4.64. The van der Waals surface area contributed by atoms with Crippen molar-refractivity contribution in [2.45, 2.75) is 12.7 Å². The molecule has 17 heavy (non-hydrogen) atoms. The topological polar surface area (TPSA) is 50.7 Å². The van der Waals surface area contributed by atoms with E-state index in [-0.39, 0.29) is 17.9 Å². The smallest absolute Gasteiger partial charge is 0.420 e. The molecule has 0 amide bonds. The van der Waals surface area contributed by atoms with Crippen LogP contribution in [0, 0.1) is 0 Å². The van der Waals surface area contributed by atoms with Crippen LogP contribution >= 0.6 is 0 Å². The number of phenolic OH excluding ortho intramolecular Hbond substituents is 1. The Labute approximate surface area is 95.9 Å². The summed E-state index contributed by atoms with van der Waals surface area (Å²) in [5.74, 6) is -1.14. The molecule has 0 aliphatic carbocycles. The zero-order valence-electron chi connectivity index (χ0n) is 9.26. The summed E-state index contributed by atoms with van der Waals surface area (Å²) in [4.78, 5) is 4.54. The summed E-state index contributed by atoms with van der Waals surface area (Å²) in [6.45, 7) is 0.0657. The molecular weight excluding hydrogens is 239 g/mol. The van der Waals surface area contributed by atoms with E-state index in [1.54, 1.807) is 0 Å². The van der Waals surface area contributed by atoms with Crippen LogP contribution in [0.1, 0.15) is 11.1 Å². The summed E-state index contributed by atoms with van der Waals surface area (Å²) in [6.07, 6.45) is -4.64. The van der Waals surface area contributed by atoms with Crippen molar-refractivity contribution in [2.75, 3.05) is 14.2 Å². The highest BCUT2D eigenvalue weighted by molar-refractivity contribution is 5.49. The Morgan fingerprint density at radius 1 is 1.29 bits per heavy atom. The van der Waals surface area contributed by atoms with E-state index in [1.807, 2.05) is 0 Å². The first kappa shape index (κ1) is 13.6. The van der Waals surface area contributed by atoms with Crippen molar-refractivity contribution in [3.8, 4) is 11.5 Å². The predicted octanol–water partition coefficient (Wildman–Crippen LogP) is 2.07. The summed E-state index contributed by atoms with van der Waals surface area (Å²) >= 11 is 0. The molecule has 1 aromatic carbocycles. The highest BCUT2D eigenvalue weighted by Crippen LogP contribution is 2.41. The Bertz CT molecular complexity index is 393. The molecule has 0 saturated heterocycles. The Morgan fingerprint density at radius 2 is 1.94 bits per heavy atom. The highest BCUT2D eigenvalue weighted by atomic mass is 19.4. The van der Waals surface area contributed by atoms with Gasteiger partial charge >= 0.3 is 6.18 Å². The van der Waals surface area contributed by atoms with Gasteiger partial charge in [0.15, 0.2) is 11.5 Å².